The maximum absolute atomic E-state index is 12.6. The lowest BCUT2D eigenvalue weighted by molar-refractivity contribution is -0.133. The Morgan fingerprint density at radius 1 is 1.04 bits per heavy atom. The van der Waals surface area contributed by atoms with Crippen LogP contribution in [0.1, 0.15) is 32.6 Å². The summed E-state index contributed by atoms with van der Waals surface area (Å²) in [6, 6.07) is 7.44. The van der Waals surface area contributed by atoms with Crippen LogP contribution in [0.3, 0.4) is 0 Å². The quantitative estimate of drug-likeness (QED) is 0.748. The lowest BCUT2D eigenvalue weighted by Crippen LogP contribution is -2.54. The van der Waals surface area contributed by atoms with Crippen molar-refractivity contribution in [1.29, 1.82) is 0 Å². The molecule has 3 rings (SSSR count). The highest BCUT2D eigenvalue weighted by atomic mass is 79.9. The van der Waals surface area contributed by atoms with Gasteiger partial charge in [-0.05, 0) is 38.0 Å². The topological polar surface area (TPSA) is 55.9 Å². The van der Waals surface area contributed by atoms with Crippen LogP contribution < -0.4 is 5.32 Å². The van der Waals surface area contributed by atoms with Crippen molar-refractivity contribution in [3.63, 3.8) is 0 Å². The second-order valence-corrected chi connectivity index (χ2v) is 8.70. The van der Waals surface area contributed by atoms with Gasteiger partial charge in [-0.25, -0.2) is 0 Å². The Morgan fingerprint density at radius 3 is 2.36 bits per heavy atom. The molecule has 2 aliphatic rings. The molecule has 0 aromatic heterocycles. The largest absolute Gasteiger partial charge is 0.342 e. The summed E-state index contributed by atoms with van der Waals surface area (Å²) in [4.78, 5) is 31.6. The van der Waals surface area contributed by atoms with Crippen molar-refractivity contribution in [3.8, 4) is 0 Å². The maximum atomic E-state index is 12.6. The SMILES string of the molecule is CC(C(=O)Nc1cccc(Br)c1)N1CCN(CC(=O)N2CCCCCC2)CC1. The molecule has 154 valence electrons. The lowest BCUT2D eigenvalue weighted by atomic mass is 10.2. The first kappa shape index (κ1) is 21.3. The van der Waals surface area contributed by atoms with E-state index in [2.05, 4.69) is 31.0 Å². The summed E-state index contributed by atoms with van der Waals surface area (Å²) in [7, 11) is 0. The number of rotatable bonds is 5. The van der Waals surface area contributed by atoms with Crippen LogP contribution in [-0.4, -0.2) is 78.4 Å². The van der Waals surface area contributed by atoms with E-state index in [0.717, 1.165) is 62.3 Å². The van der Waals surface area contributed by atoms with Gasteiger partial charge in [0.2, 0.25) is 11.8 Å². The second-order valence-electron chi connectivity index (χ2n) is 7.78. The van der Waals surface area contributed by atoms with E-state index in [4.69, 9.17) is 0 Å². The standard InChI is InChI=1S/C21H31BrN4O2/c1-17(21(28)23-19-8-6-7-18(22)15-19)25-13-11-24(12-14-25)16-20(27)26-9-4-2-3-5-10-26/h6-8,15,17H,2-5,9-14,16H2,1H3,(H,23,28). The number of halogens is 1. The van der Waals surface area contributed by atoms with Gasteiger partial charge in [0.05, 0.1) is 12.6 Å². The fourth-order valence-corrected chi connectivity index (χ4v) is 4.30. The Bertz CT molecular complexity index is 668. The molecule has 1 atom stereocenters. The third kappa shape index (κ3) is 6.03. The molecule has 0 bridgehead atoms. The van der Waals surface area contributed by atoms with Gasteiger partial charge in [0.15, 0.2) is 0 Å². The van der Waals surface area contributed by atoms with Crippen LogP contribution in [-0.2, 0) is 9.59 Å². The Kier molecular flexibility index (Phi) is 7.88. The van der Waals surface area contributed by atoms with Crippen LogP contribution in [0.2, 0.25) is 0 Å². The first-order valence-electron chi connectivity index (χ1n) is 10.3. The molecule has 1 aromatic carbocycles. The van der Waals surface area contributed by atoms with Gasteiger partial charge in [0, 0.05) is 49.4 Å². The van der Waals surface area contributed by atoms with E-state index in [1.165, 1.54) is 12.8 Å². The molecular weight excluding hydrogens is 420 g/mol. The molecule has 2 fully saturated rings. The Labute approximate surface area is 176 Å². The van der Waals surface area contributed by atoms with E-state index in [1.54, 1.807) is 0 Å². The predicted molar refractivity (Wildman–Crippen MR) is 115 cm³/mol. The number of benzene rings is 1. The van der Waals surface area contributed by atoms with Crippen molar-refractivity contribution in [2.24, 2.45) is 0 Å². The third-order valence-electron chi connectivity index (χ3n) is 5.74. The maximum Gasteiger partial charge on any atom is 0.241 e. The fourth-order valence-electron chi connectivity index (χ4n) is 3.90. The molecule has 2 saturated heterocycles. The van der Waals surface area contributed by atoms with Crippen LogP contribution in [0.15, 0.2) is 28.7 Å². The van der Waals surface area contributed by atoms with Crippen LogP contribution in [0.4, 0.5) is 5.69 Å². The van der Waals surface area contributed by atoms with Gasteiger partial charge in [-0.2, -0.15) is 0 Å². The minimum Gasteiger partial charge on any atom is -0.342 e. The second kappa shape index (κ2) is 10.4. The highest BCUT2D eigenvalue weighted by Gasteiger charge is 2.27. The zero-order valence-corrected chi connectivity index (χ0v) is 18.3. The number of carbonyl (C=O) groups excluding carboxylic acids is 2. The average Bonchev–Trinajstić information content (AvgIpc) is 2.97. The molecule has 0 spiro atoms. The van der Waals surface area contributed by atoms with Crippen molar-refractivity contribution in [1.82, 2.24) is 14.7 Å². The monoisotopic (exact) mass is 450 g/mol. The molecule has 0 saturated carbocycles. The first-order valence-corrected chi connectivity index (χ1v) is 11.1. The van der Waals surface area contributed by atoms with Gasteiger partial charge in [-0.1, -0.05) is 34.8 Å². The highest BCUT2D eigenvalue weighted by Crippen LogP contribution is 2.17. The summed E-state index contributed by atoms with van der Waals surface area (Å²) < 4.78 is 0.945. The Morgan fingerprint density at radius 2 is 1.71 bits per heavy atom. The van der Waals surface area contributed by atoms with Crippen molar-refractivity contribution in [3.05, 3.63) is 28.7 Å². The van der Waals surface area contributed by atoms with E-state index in [9.17, 15) is 9.59 Å². The number of carbonyl (C=O) groups is 2. The van der Waals surface area contributed by atoms with Crippen molar-refractivity contribution < 1.29 is 9.59 Å². The number of hydrogen-bond donors (Lipinski definition) is 1. The van der Waals surface area contributed by atoms with Crippen LogP contribution in [0.5, 0.6) is 0 Å². The summed E-state index contributed by atoms with van der Waals surface area (Å²) in [5.41, 5.74) is 0.799. The number of nitrogens with zero attached hydrogens (tertiary/aromatic N) is 3. The smallest absolute Gasteiger partial charge is 0.241 e. The van der Waals surface area contributed by atoms with Crippen LogP contribution >= 0.6 is 15.9 Å². The van der Waals surface area contributed by atoms with Gasteiger partial charge >= 0.3 is 0 Å². The Hall–Kier alpha value is -1.44. The zero-order chi connectivity index (χ0) is 19.9. The molecule has 2 amide bonds. The van der Waals surface area contributed by atoms with Gasteiger partial charge < -0.3 is 10.2 Å². The molecule has 1 N–H and O–H groups in total. The van der Waals surface area contributed by atoms with Crippen LogP contribution in [0, 0.1) is 0 Å². The summed E-state index contributed by atoms with van der Waals surface area (Å²) >= 11 is 3.43. The molecule has 1 aromatic rings. The number of nitrogens with one attached hydrogen (secondary N) is 1. The first-order chi connectivity index (χ1) is 13.5. The number of anilines is 1. The highest BCUT2D eigenvalue weighted by molar-refractivity contribution is 9.10. The van der Waals surface area contributed by atoms with Gasteiger partial charge in [0.25, 0.3) is 0 Å². The van der Waals surface area contributed by atoms with Crippen molar-refractivity contribution in [2.45, 2.75) is 38.6 Å². The van der Waals surface area contributed by atoms with Gasteiger partial charge in [0.1, 0.15) is 0 Å². The molecule has 2 aliphatic heterocycles. The van der Waals surface area contributed by atoms with E-state index in [1.807, 2.05) is 36.1 Å². The minimum atomic E-state index is -0.192. The van der Waals surface area contributed by atoms with Crippen LogP contribution in [0.25, 0.3) is 0 Å². The van der Waals surface area contributed by atoms with E-state index < -0.39 is 0 Å². The number of piperazine rings is 1. The van der Waals surface area contributed by atoms with Crippen molar-refractivity contribution in [2.75, 3.05) is 51.1 Å². The van der Waals surface area contributed by atoms with E-state index in [0.29, 0.717) is 6.54 Å². The van der Waals surface area contributed by atoms with E-state index >= 15 is 0 Å². The summed E-state index contributed by atoms with van der Waals surface area (Å²) in [5.74, 6) is 0.267. The number of hydrogen-bond acceptors (Lipinski definition) is 4. The number of amides is 2. The minimum absolute atomic E-state index is 0.00666. The third-order valence-corrected chi connectivity index (χ3v) is 6.24. The molecule has 1 unspecified atom stereocenters. The van der Waals surface area contributed by atoms with Gasteiger partial charge in [-0.15, -0.1) is 0 Å². The molecular formula is C21H31BrN4O2. The molecule has 7 heteroatoms. The van der Waals surface area contributed by atoms with Crippen molar-refractivity contribution >= 4 is 33.4 Å². The Balaban J connectivity index is 1.43. The molecule has 6 nitrogen and oxygen atoms in total. The molecule has 28 heavy (non-hydrogen) atoms. The zero-order valence-electron chi connectivity index (χ0n) is 16.7. The normalized spacial score (nSPS) is 20.4. The van der Waals surface area contributed by atoms with E-state index in [-0.39, 0.29) is 17.9 Å². The van der Waals surface area contributed by atoms with Gasteiger partial charge in [-0.3, -0.25) is 19.4 Å². The number of likely N-dealkylation sites (tertiary alicyclic amines) is 1. The molecule has 0 radical (unpaired) electrons. The average molecular weight is 451 g/mol. The summed E-state index contributed by atoms with van der Waals surface area (Å²) in [5, 5.41) is 2.99. The molecule has 2 heterocycles. The summed E-state index contributed by atoms with van der Waals surface area (Å²) in [6.07, 6.45) is 4.74. The predicted octanol–water partition coefficient (Wildman–Crippen LogP) is 2.80. The molecule has 0 aliphatic carbocycles. The summed E-state index contributed by atoms with van der Waals surface area (Å²) in [6.45, 7) is 7.54. The lowest BCUT2D eigenvalue weighted by Gasteiger charge is -2.37. The fraction of sp³-hybridized carbons (Fsp3) is 0.619.